The van der Waals surface area contributed by atoms with Gasteiger partial charge in [0.2, 0.25) is 0 Å². The maximum absolute atomic E-state index is 12.6. The van der Waals surface area contributed by atoms with E-state index >= 15 is 0 Å². The number of thiazole rings is 1. The quantitative estimate of drug-likeness (QED) is 0.519. The maximum Gasteiger partial charge on any atom is 0.259 e. The fourth-order valence-electron chi connectivity index (χ4n) is 2.83. The van der Waals surface area contributed by atoms with Gasteiger partial charge in [0.1, 0.15) is 0 Å². The van der Waals surface area contributed by atoms with Crippen molar-refractivity contribution in [3.05, 3.63) is 53.2 Å². The molecule has 0 aliphatic heterocycles. The third kappa shape index (κ3) is 3.45. The van der Waals surface area contributed by atoms with Crippen LogP contribution in [0.5, 0.6) is 0 Å². The highest BCUT2D eigenvalue weighted by Crippen LogP contribution is 2.27. The zero-order valence-electron chi connectivity index (χ0n) is 15.1. The molecule has 0 spiro atoms. The van der Waals surface area contributed by atoms with Crippen molar-refractivity contribution in [1.29, 1.82) is 0 Å². The molecule has 0 atom stereocenters. The van der Waals surface area contributed by atoms with E-state index < -0.39 is 0 Å². The first-order valence-electron chi connectivity index (χ1n) is 8.26. The minimum absolute atomic E-state index is 0.230. The molecule has 3 aromatic heterocycles. The van der Waals surface area contributed by atoms with Crippen LogP contribution in [0.15, 0.2) is 46.8 Å². The predicted octanol–water partition coefficient (Wildman–Crippen LogP) is 4.37. The van der Waals surface area contributed by atoms with Crippen LogP contribution in [0.3, 0.4) is 0 Å². The van der Waals surface area contributed by atoms with Crippen molar-refractivity contribution >= 4 is 45.2 Å². The van der Waals surface area contributed by atoms with Crippen molar-refractivity contribution in [3.63, 3.8) is 0 Å². The van der Waals surface area contributed by atoms with E-state index in [1.54, 1.807) is 22.6 Å². The van der Waals surface area contributed by atoms with Crippen LogP contribution in [0, 0.1) is 6.92 Å². The Hall–Kier alpha value is -2.71. The van der Waals surface area contributed by atoms with Gasteiger partial charge in [-0.2, -0.15) is 5.10 Å². The van der Waals surface area contributed by atoms with Crippen LogP contribution >= 0.6 is 23.1 Å². The second kappa shape index (κ2) is 7.13. The number of nitrogens with one attached hydrogen (secondary N) is 1. The highest BCUT2D eigenvalue weighted by molar-refractivity contribution is 7.98. The minimum atomic E-state index is -0.230. The van der Waals surface area contributed by atoms with Crippen LogP contribution in [0.1, 0.15) is 16.1 Å². The average Bonchev–Trinajstić information content (AvgIpc) is 3.26. The second-order valence-corrected chi connectivity index (χ2v) is 7.76. The standard InChI is InChI=1S/C19H17N5OS2/c1-11-15-8-13(9-20-17(15)24(2)23-11)18(25)22-19-21-16(10-27-19)12-4-6-14(26-3)7-5-12/h4-10H,1-3H3,(H,21,22,25). The molecule has 1 N–H and O–H groups in total. The Morgan fingerprint density at radius 2 is 2.04 bits per heavy atom. The van der Waals surface area contributed by atoms with E-state index in [2.05, 4.69) is 32.5 Å². The molecule has 1 aromatic carbocycles. The van der Waals surface area contributed by atoms with Gasteiger partial charge in [-0.25, -0.2) is 9.97 Å². The van der Waals surface area contributed by atoms with Crippen LogP contribution in [0.25, 0.3) is 22.3 Å². The first kappa shape index (κ1) is 17.7. The van der Waals surface area contributed by atoms with Gasteiger partial charge >= 0.3 is 0 Å². The summed E-state index contributed by atoms with van der Waals surface area (Å²) in [6.45, 7) is 1.90. The van der Waals surface area contributed by atoms with Gasteiger partial charge in [0, 0.05) is 34.5 Å². The Labute approximate surface area is 164 Å². The normalized spacial score (nSPS) is 11.1. The van der Waals surface area contributed by atoms with Crippen LogP contribution in [-0.2, 0) is 7.05 Å². The number of hydrogen-bond donors (Lipinski definition) is 1. The van der Waals surface area contributed by atoms with E-state index in [4.69, 9.17) is 0 Å². The van der Waals surface area contributed by atoms with Crippen LogP contribution < -0.4 is 5.32 Å². The zero-order chi connectivity index (χ0) is 19.0. The molecule has 136 valence electrons. The number of amides is 1. The number of carbonyl (C=O) groups is 1. The lowest BCUT2D eigenvalue weighted by atomic mass is 10.2. The third-order valence-electron chi connectivity index (χ3n) is 4.24. The van der Waals surface area contributed by atoms with E-state index in [1.165, 1.54) is 16.2 Å². The molecule has 27 heavy (non-hydrogen) atoms. The number of carbonyl (C=O) groups excluding carboxylic acids is 1. The van der Waals surface area contributed by atoms with Crippen molar-refractivity contribution in [3.8, 4) is 11.3 Å². The van der Waals surface area contributed by atoms with Gasteiger partial charge in [0.05, 0.1) is 17.0 Å². The van der Waals surface area contributed by atoms with E-state index in [1.807, 2.05) is 43.8 Å². The monoisotopic (exact) mass is 395 g/mol. The summed E-state index contributed by atoms with van der Waals surface area (Å²) in [5.41, 5.74) is 3.96. The molecule has 0 saturated carbocycles. The highest BCUT2D eigenvalue weighted by Gasteiger charge is 2.14. The number of fused-ring (bicyclic) bond motifs is 1. The lowest BCUT2D eigenvalue weighted by Crippen LogP contribution is -2.12. The van der Waals surface area contributed by atoms with Crippen LogP contribution in [-0.4, -0.2) is 31.9 Å². The molecule has 0 radical (unpaired) electrons. The van der Waals surface area contributed by atoms with Crippen molar-refractivity contribution in [1.82, 2.24) is 19.7 Å². The van der Waals surface area contributed by atoms with Crippen molar-refractivity contribution in [2.75, 3.05) is 11.6 Å². The van der Waals surface area contributed by atoms with Gasteiger partial charge in [0.25, 0.3) is 5.91 Å². The molecular weight excluding hydrogens is 378 g/mol. The largest absolute Gasteiger partial charge is 0.298 e. The van der Waals surface area contributed by atoms with E-state index in [9.17, 15) is 4.79 Å². The summed E-state index contributed by atoms with van der Waals surface area (Å²) in [4.78, 5) is 22.7. The van der Waals surface area contributed by atoms with Crippen molar-refractivity contribution < 1.29 is 4.79 Å². The molecule has 8 heteroatoms. The topological polar surface area (TPSA) is 72.7 Å². The number of pyridine rings is 1. The Morgan fingerprint density at radius 1 is 1.26 bits per heavy atom. The number of rotatable bonds is 4. The van der Waals surface area contributed by atoms with Gasteiger partial charge in [-0.3, -0.25) is 14.8 Å². The average molecular weight is 396 g/mol. The number of thioether (sulfide) groups is 1. The van der Waals surface area contributed by atoms with Crippen LogP contribution in [0.4, 0.5) is 5.13 Å². The number of nitrogens with zero attached hydrogens (tertiary/aromatic N) is 4. The molecule has 0 saturated heterocycles. The van der Waals surface area contributed by atoms with Gasteiger partial charge in [0.15, 0.2) is 10.8 Å². The summed E-state index contributed by atoms with van der Waals surface area (Å²) in [6, 6.07) is 10.0. The summed E-state index contributed by atoms with van der Waals surface area (Å²) >= 11 is 3.10. The van der Waals surface area contributed by atoms with Gasteiger partial charge < -0.3 is 0 Å². The SMILES string of the molecule is CSc1ccc(-c2csc(NC(=O)c3cnc4c(c3)c(C)nn4C)n2)cc1. The van der Waals surface area contributed by atoms with Gasteiger partial charge in [-0.15, -0.1) is 23.1 Å². The third-order valence-corrected chi connectivity index (χ3v) is 5.74. The molecule has 1 amide bonds. The van der Waals surface area contributed by atoms with E-state index in [0.29, 0.717) is 10.7 Å². The summed E-state index contributed by atoms with van der Waals surface area (Å²) < 4.78 is 1.71. The molecule has 6 nitrogen and oxygen atoms in total. The molecule has 0 aliphatic rings. The lowest BCUT2D eigenvalue weighted by Gasteiger charge is -2.02. The fraction of sp³-hybridized carbons (Fsp3) is 0.158. The van der Waals surface area contributed by atoms with E-state index in [0.717, 1.165) is 28.0 Å². The number of aryl methyl sites for hydroxylation is 2. The Morgan fingerprint density at radius 3 is 2.78 bits per heavy atom. The van der Waals surface area contributed by atoms with Gasteiger partial charge in [-0.05, 0) is 31.4 Å². The first-order chi connectivity index (χ1) is 13.0. The molecule has 0 bridgehead atoms. The first-order valence-corrected chi connectivity index (χ1v) is 10.4. The number of benzene rings is 1. The molecule has 0 unspecified atom stereocenters. The summed E-state index contributed by atoms with van der Waals surface area (Å²) in [5, 5.41) is 10.6. The lowest BCUT2D eigenvalue weighted by molar-refractivity contribution is 0.102. The molecule has 0 aliphatic carbocycles. The summed E-state index contributed by atoms with van der Waals surface area (Å²) in [6.07, 6.45) is 3.61. The zero-order valence-corrected chi connectivity index (χ0v) is 16.7. The van der Waals surface area contributed by atoms with Crippen LogP contribution in [0.2, 0.25) is 0 Å². The molecule has 3 heterocycles. The number of anilines is 1. The Kier molecular flexibility index (Phi) is 4.67. The predicted molar refractivity (Wildman–Crippen MR) is 111 cm³/mol. The van der Waals surface area contributed by atoms with E-state index in [-0.39, 0.29) is 5.91 Å². The highest BCUT2D eigenvalue weighted by atomic mass is 32.2. The molecular formula is C19H17N5OS2. The maximum atomic E-state index is 12.6. The summed E-state index contributed by atoms with van der Waals surface area (Å²) in [7, 11) is 1.84. The number of hydrogen-bond acceptors (Lipinski definition) is 6. The molecule has 0 fully saturated rings. The summed E-state index contributed by atoms with van der Waals surface area (Å²) in [5.74, 6) is -0.230. The van der Waals surface area contributed by atoms with Gasteiger partial charge in [-0.1, -0.05) is 12.1 Å². The van der Waals surface area contributed by atoms with Crippen molar-refractivity contribution in [2.24, 2.45) is 7.05 Å². The fourth-order valence-corrected chi connectivity index (χ4v) is 3.95. The smallest absolute Gasteiger partial charge is 0.259 e. The van der Waals surface area contributed by atoms with Crippen molar-refractivity contribution in [2.45, 2.75) is 11.8 Å². The Bertz CT molecular complexity index is 1130. The second-order valence-electron chi connectivity index (χ2n) is 6.02. The molecule has 4 rings (SSSR count). The number of aromatic nitrogens is 4. The molecule has 4 aromatic rings. The Balaban J connectivity index is 1.54. The minimum Gasteiger partial charge on any atom is -0.298 e.